The average molecular weight is 400 g/mol. The zero-order valence-corrected chi connectivity index (χ0v) is 16.5. The first kappa shape index (κ1) is 16.9. The molecule has 0 atom stereocenters. The maximum atomic E-state index is 13.2. The molecular weight excluding hydrogens is 378 g/mol. The normalized spacial score (nSPS) is 16.3. The van der Waals surface area contributed by atoms with Crippen LogP contribution in [-0.2, 0) is 19.4 Å². The minimum atomic E-state index is -0.0191. The summed E-state index contributed by atoms with van der Waals surface area (Å²) in [6.07, 6.45) is 10.7. The molecule has 1 saturated carbocycles. The van der Waals surface area contributed by atoms with Gasteiger partial charge in [0.2, 0.25) is 0 Å². The Hall–Kier alpha value is -2.19. The number of aromatic amines is 1. The molecule has 0 aliphatic heterocycles. The fraction of sp³-hybridized carbons (Fsp3) is 0.421. The van der Waals surface area contributed by atoms with Crippen LogP contribution >= 0.6 is 23.6 Å². The summed E-state index contributed by atoms with van der Waals surface area (Å²) >= 11 is 7.08. The fourth-order valence-electron chi connectivity index (χ4n) is 3.86. The van der Waals surface area contributed by atoms with Crippen molar-refractivity contribution < 1.29 is 4.79 Å². The molecule has 2 N–H and O–H groups in total. The highest BCUT2D eigenvalue weighted by atomic mass is 32.1. The number of fused-ring (bicyclic) bond motifs is 1. The van der Waals surface area contributed by atoms with Crippen molar-refractivity contribution >= 4 is 29.5 Å². The number of nitrogens with zero attached hydrogens (tertiary/aromatic N) is 3. The molecule has 5 rings (SSSR count). The number of nitrogens with one attached hydrogen (secondary N) is 2. The van der Waals surface area contributed by atoms with Crippen LogP contribution in [-0.4, -0.2) is 25.2 Å². The lowest BCUT2D eigenvalue weighted by atomic mass is 9.95. The first-order chi connectivity index (χ1) is 13.2. The summed E-state index contributed by atoms with van der Waals surface area (Å²) in [6.45, 7) is 0.387. The van der Waals surface area contributed by atoms with E-state index in [1.54, 1.807) is 11.3 Å². The third kappa shape index (κ3) is 3.06. The van der Waals surface area contributed by atoms with Crippen molar-refractivity contribution in [1.29, 1.82) is 0 Å². The van der Waals surface area contributed by atoms with Crippen molar-refractivity contribution in [2.24, 2.45) is 0 Å². The van der Waals surface area contributed by atoms with Gasteiger partial charge in [-0.3, -0.25) is 14.5 Å². The number of carbonyl (C=O) groups excluding carboxylic acids is 1. The Morgan fingerprint density at radius 3 is 2.85 bits per heavy atom. The van der Waals surface area contributed by atoms with Gasteiger partial charge in [0.15, 0.2) is 10.6 Å². The number of hydrogen-bond donors (Lipinski definition) is 2. The number of thiophene rings is 1. The van der Waals surface area contributed by atoms with E-state index < -0.39 is 0 Å². The van der Waals surface area contributed by atoms with Crippen LogP contribution in [0.25, 0.3) is 5.00 Å². The van der Waals surface area contributed by atoms with Crippen molar-refractivity contribution in [2.45, 2.75) is 51.1 Å². The summed E-state index contributed by atoms with van der Waals surface area (Å²) in [5.41, 5.74) is 2.06. The maximum Gasteiger partial charge on any atom is 0.254 e. The molecule has 0 radical (unpaired) electrons. The quantitative estimate of drug-likeness (QED) is 0.639. The Kier molecular flexibility index (Phi) is 4.24. The Bertz CT molecular complexity index is 1040. The zero-order chi connectivity index (χ0) is 18.4. The van der Waals surface area contributed by atoms with E-state index >= 15 is 0 Å². The number of rotatable bonds is 5. The summed E-state index contributed by atoms with van der Waals surface area (Å²) in [7, 11) is 0. The summed E-state index contributed by atoms with van der Waals surface area (Å²) in [5.74, 6) is 0.789. The number of amides is 1. The highest BCUT2D eigenvalue weighted by Crippen LogP contribution is 2.37. The lowest BCUT2D eigenvalue weighted by molar-refractivity contribution is 0.0948. The number of H-pyrrole nitrogens is 1. The van der Waals surface area contributed by atoms with Gasteiger partial charge in [0.25, 0.3) is 5.91 Å². The van der Waals surface area contributed by atoms with Crippen molar-refractivity contribution in [1.82, 2.24) is 24.6 Å². The third-order valence-electron chi connectivity index (χ3n) is 5.32. The lowest BCUT2D eigenvalue weighted by Crippen LogP contribution is -2.26. The summed E-state index contributed by atoms with van der Waals surface area (Å²) in [6, 6.07) is 4.43. The molecule has 140 valence electrons. The topological polar surface area (TPSA) is 67.6 Å². The third-order valence-corrected chi connectivity index (χ3v) is 6.91. The number of hydrogen-bond acceptors (Lipinski definition) is 4. The van der Waals surface area contributed by atoms with E-state index in [4.69, 9.17) is 12.2 Å². The molecule has 2 aliphatic rings. The molecule has 0 unspecified atom stereocenters. The van der Waals surface area contributed by atoms with Gasteiger partial charge in [-0.2, -0.15) is 5.10 Å². The Morgan fingerprint density at radius 1 is 1.30 bits per heavy atom. The Labute approximate surface area is 166 Å². The van der Waals surface area contributed by atoms with Crippen LogP contribution in [0.4, 0.5) is 0 Å². The van der Waals surface area contributed by atoms with E-state index in [0.29, 0.717) is 17.4 Å². The Balaban J connectivity index is 1.45. The van der Waals surface area contributed by atoms with Crippen LogP contribution in [0.5, 0.6) is 0 Å². The first-order valence-electron chi connectivity index (χ1n) is 9.44. The molecule has 3 aromatic rings. The van der Waals surface area contributed by atoms with E-state index in [1.807, 2.05) is 29.1 Å². The second-order valence-corrected chi connectivity index (χ2v) is 8.68. The van der Waals surface area contributed by atoms with Crippen molar-refractivity contribution in [2.75, 3.05) is 0 Å². The van der Waals surface area contributed by atoms with E-state index in [2.05, 4.69) is 20.1 Å². The van der Waals surface area contributed by atoms with Gasteiger partial charge in [0, 0.05) is 23.3 Å². The standard InChI is InChI=1S/C19H21N5OS2/c25-17(20-11-15-21-22-19(26)24(15)12-7-8-12)16-13-5-1-2-6-14(13)27-18(16)23-9-3-4-10-23/h3-4,9-10,12H,1-2,5-8,11H2,(H,20,25)(H,22,26). The van der Waals surface area contributed by atoms with Gasteiger partial charge in [0.05, 0.1) is 12.1 Å². The largest absolute Gasteiger partial charge is 0.345 e. The van der Waals surface area contributed by atoms with Gasteiger partial charge in [-0.1, -0.05) is 0 Å². The molecule has 2 aliphatic carbocycles. The summed E-state index contributed by atoms with van der Waals surface area (Å²) < 4.78 is 4.74. The van der Waals surface area contributed by atoms with Gasteiger partial charge in [-0.25, -0.2) is 0 Å². The SMILES string of the molecule is O=C(NCc1n[nH]c(=S)n1C1CC1)c1c(-n2cccc2)sc2c1CCCC2. The van der Waals surface area contributed by atoms with Crippen LogP contribution in [0.2, 0.25) is 0 Å². The average Bonchev–Trinajstić information content (AvgIpc) is 3.10. The number of carbonyl (C=O) groups is 1. The van der Waals surface area contributed by atoms with Crippen molar-refractivity contribution in [3.8, 4) is 5.00 Å². The van der Waals surface area contributed by atoms with Crippen molar-refractivity contribution in [3.05, 3.63) is 51.1 Å². The molecule has 6 nitrogen and oxygen atoms in total. The second-order valence-electron chi connectivity index (χ2n) is 7.21. The second kappa shape index (κ2) is 6.76. The predicted octanol–water partition coefficient (Wildman–Crippen LogP) is 3.94. The first-order valence-corrected chi connectivity index (χ1v) is 10.7. The number of aromatic nitrogens is 4. The van der Waals surface area contributed by atoms with Crippen LogP contribution in [0.1, 0.15) is 58.3 Å². The molecule has 0 bridgehead atoms. The molecule has 1 fully saturated rings. The molecular formula is C19H21N5OS2. The van der Waals surface area contributed by atoms with Crippen LogP contribution in [0, 0.1) is 4.77 Å². The van der Waals surface area contributed by atoms with E-state index in [0.717, 1.165) is 48.5 Å². The maximum absolute atomic E-state index is 13.2. The van der Waals surface area contributed by atoms with E-state index in [9.17, 15) is 4.79 Å². The molecule has 1 amide bonds. The van der Waals surface area contributed by atoms with Crippen LogP contribution in [0.3, 0.4) is 0 Å². The zero-order valence-electron chi connectivity index (χ0n) is 14.9. The molecule has 0 saturated heterocycles. The minimum absolute atomic E-state index is 0.0191. The van der Waals surface area contributed by atoms with E-state index in [-0.39, 0.29) is 5.91 Å². The number of aryl methyl sites for hydroxylation is 1. The summed E-state index contributed by atoms with van der Waals surface area (Å²) in [4.78, 5) is 14.5. The van der Waals surface area contributed by atoms with Gasteiger partial charge < -0.3 is 9.88 Å². The monoisotopic (exact) mass is 399 g/mol. The fourth-order valence-corrected chi connectivity index (χ4v) is 5.51. The van der Waals surface area contributed by atoms with Crippen LogP contribution in [0.15, 0.2) is 24.5 Å². The van der Waals surface area contributed by atoms with Gasteiger partial charge in [-0.05, 0) is 68.4 Å². The van der Waals surface area contributed by atoms with E-state index in [1.165, 1.54) is 16.9 Å². The molecule has 8 heteroatoms. The van der Waals surface area contributed by atoms with Crippen molar-refractivity contribution in [3.63, 3.8) is 0 Å². The van der Waals surface area contributed by atoms with Crippen LogP contribution < -0.4 is 5.32 Å². The smallest absolute Gasteiger partial charge is 0.254 e. The minimum Gasteiger partial charge on any atom is -0.345 e. The molecule has 3 aromatic heterocycles. The van der Waals surface area contributed by atoms with Gasteiger partial charge in [0.1, 0.15) is 5.00 Å². The molecule has 0 aromatic carbocycles. The summed E-state index contributed by atoms with van der Waals surface area (Å²) in [5, 5.41) is 11.3. The predicted molar refractivity (Wildman–Crippen MR) is 107 cm³/mol. The van der Waals surface area contributed by atoms with Gasteiger partial charge in [-0.15, -0.1) is 11.3 Å². The molecule has 0 spiro atoms. The highest BCUT2D eigenvalue weighted by molar-refractivity contribution is 7.71. The Morgan fingerprint density at radius 2 is 2.07 bits per heavy atom. The molecule has 27 heavy (non-hydrogen) atoms. The highest BCUT2D eigenvalue weighted by Gasteiger charge is 2.29. The lowest BCUT2D eigenvalue weighted by Gasteiger charge is -2.13. The van der Waals surface area contributed by atoms with Gasteiger partial charge >= 0.3 is 0 Å². The molecule has 3 heterocycles.